The molecule has 5 rings (SSSR count). The highest BCUT2D eigenvalue weighted by molar-refractivity contribution is 5.67. The summed E-state index contributed by atoms with van der Waals surface area (Å²) in [6, 6.07) is 11.8. The lowest BCUT2D eigenvalue weighted by atomic mass is 9.91. The second-order valence-corrected chi connectivity index (χ2v) is 11.5. The molecule has 0 aliphatic carbocycles. The Morgan fingerprint density at radius 1 is 1.09 bits per heavy atom. The molecule has 14 heteroatoms. The van der Waals surface area contributed by atoms with Gasteiger partial charge in [0.2, 0.25) is 0 Å². The standard InChI is InChI=1S/C29H34F3N5O6/c1-15-11-12-18(29(30,31)32)19(13-15)37-25(33-16(2)36-37)24-22(38)21(34-35-27(39)43-28(3,4)5)23-20(41-24)14-40-26(42-23)17-9-7-6-8-10-17/h6-13,20-24,26,34,38H,14H2,1-5H3,(H,35,39). The average molecular weight is 606 g/mol. The normalized spacial score (nSPS) is 26.1. The molecule has 6 atom stereocenters. The lowest BCUT2D eigenvalue weighted by Gasteiger charge is -2.48. The van der Waals surface area contributed by atoms with Crippen LogP contribution in [0.1, 0.15) is 61.5 Å². The number of nitrogens with one attached hydrogen (secondary N) is 2. The van der Waals surface area contributed by atoms with Gasteiger partial charge < -0.3 is 24.1 Å². The molecule has 2 aromatic carbocycles. The number of aliphatic hydroxyl groups is 1. The van der Waals surface area contributed by atoms with E-state index < -0.39 is 60.2 Å². The van der Waals surface area contributed by atoms with E-state index in [-0.39, 0.29) is 23.9 Å². The van der Waals surface area contributed by atoms with E-state index in [9.17, 15) is 23.1 Å². The molecule has 3 aromatic rings. The van der Waals surface area contributed by atoms with E-state index in [2.05, 4.69) is 20.9 Å². The van der Waals surface area contributed by atoms with Crippen LogP contribution in [0.15, 0.2) is 48.5 Å². The van der Waals surface area contributed by atoms with Crippen molar-refractivity contribution in [3.05, 3.63) is 76.9 Å². The molecular weight excluding hydrogens is 571 g/mol. The maximum Gasteiger partial charge on any atom is 0.422 e. The van der Waals surface area contributed by atoms with Gasteiger partial charge in [-0.1, -0.05) is 36.4 Å². The molecule has 232 valence electrons. The van der Waals surface area contributed by atoms with Crippen LogP contribution in [0.3, 0.4) is 0 Å². The van der Waals surface area contributed by atoms with E-state index in [0.29, 0.717) is 5.56 Å². The molecule has 1 amide bonds. The summed E-state index contributed by atoms with van der Waals surface area (Å²) in [7, 11) is 0. The number of aryl methyl sites for hydroxylation is 2. The van der Waals surface area contributed by atoms with Gasteiger partial charge in [-0.05, 0) is 52.3 Å². The van der Waals surface area contributed by atoms with Gasteiger partial charge in [0.15, 0.2) is 12.1 Å². The van der Waals surface area contributed by atoms with E-state index >= 15 is 0 Å². The Hall–Kier alpha value is -3.56. The van der Waals surface area contributed by atoms with Crippen LogP contribution in [-0.4, -0.2) is 62.5 Å². The van der Waals surface area contributed by atoms with Gasteiger partial charge in [0.05, 0.1) is 23.9 Å². The minimum absolute atomic E-state index is 0.0173. The molecule has 0 spiro atoms. The number of carbonyl (C=O) groups is 1. The highest BCUT2D eigenvalue weighted by Crippen LogP contribution is 2.40. The second kappa shape index (κ2) is 11.8. The summed E-state index contributed by atoms with van der Waals surface area (Å²) >= 11 is 0. The largest absolute Gasteiger partial charge is 0.443 e. The van der Waals surface area contributed by atoms with Gasteiger partial charge >= 0.3 is 12.3 Å². The van der Waals surface area contributed by atoms with Gasteiger partial charge in [-0.3, -0.25) is 5.43 Å². The number of hydrogen-bond acceptors (Lipinski definition) is 9. The fraction of sp³-hybridized carbons (Fsp3) is 0.483. The quantitative estimate of drug-likeness (QED) is 0.366. The number of halogens is 3. The number of amides is 1. The van der Waals surface area contributed by atoms with Crippen LogP contribution in [0, 0.1) is 13.8 Å². The van der Waals surface area contributed by atoms with E-state index in [4.69, 9.17) is 18.9 Å². The molecule has 6 unspecified atom stereocenters. The smallest absolute Gasteiger partial charge is 0.422 e. The van der Waals surface area contributed by atoms with Crippen molar-refractivity contribution >= 4 is 6.09 Å². The lowest BCUT2D eigenvalue weighted by molar-refractivity contribution is -0.313. The summed E-state index contributed by atoms with van der Waals surface area (Å²) in [5.41, 5.74) is 4.55. The van der Waals surface area contributed by atoms with Crippen molar-refractivity contribution in [2.75, 3.05) is 6.61 Å². The molecule has 0 saturated carbocycles. The predicted molar refractivity (Wildman–Crippen MR) is 146 cm³/mol. The highest BCUT2D eigenvalue weighted by Gasteiger charge is 2.51. The van der Waals surface area contributed by atoms with Crippen molar-refractivity contribution in [2.45, 2.75) is 83.1 Å². The Morgan fingerprint density at radius 2 is 1.81 bits per heavy atom. The first-order valence-electron chi connectivity index (χ1n) is 13.7. The third-order valence-corrected chi connectivity index (χ3v) is 6.90. The minimum Gasteiger partial charge on any atom is -0.443 e. The monoisotopic (exact) mass is 605 g/mol. The molecular formula is C29H34F3N5O6. The maximum atomic E-state index is 14.0. The zero-order valence-corrected chi connectivity index (χ0v) is 24.3. The lowest BCUT2D eigenvalue weighted by Crippen LogP contribution is -2.66. The van der Waals surface area contributed by atoms with Crippen molar-refractivity contribution in [1.82, 2.24) is 25.6 Å². The first-order chi connectivity index (χ1) is 20.2. The molecule has 1 aromatic heterocycles. The summed E-state index contributed by atoms with van der Waals surface area (Å²) < 4.78 is 66.9. The Bertz CT molecular complexity index is 1440. The first kappa shape index (κ1) is 30.9. The minimum atomic E-state index is -4.68. The highest BCUT2D eigenvalue weighted by atomic mass is 19.4. The van der Waals surface area contributed by atoms with E-state index in [0.717, 1.165) is 16.3 Å². The summed E-state index contributed by atoms with van der Waals surface area (Å²) in [5.74, 6) is 0.105. The van der Waals surface area contributed by atoms with Crippen LogP contribution in [-0.2, 0) is 25.1 Å². The fourth-order valence-electron chi connectivity index (χ4n) is 5.09. The van der Waals surface area contributed by atoms with Crippen LogP contribution in [0.5, 0.6) is 0 Å². The number of ether oxygens (including phenoxy) is 4. The third kappa shape index (κ3) is 6.83. The molecule has 2 aliphatic rings. The number of aliphatic hydroxyl groups excluding tert-OH is 1. The SMILES string of the molecule is Cc1ccc(C(F)(F)F)c(-n2nc(C)nc2C2OC3COC(c4ccccc4)OC3C(NNC(=O)OC(C)(C)C)C2O)c1. The number of rotatable bonds is 5. The summed E-state index contributed by atoms with van der Waals surface area (Å²) in [5, 5.41) is 15.9. The van der Waals surface area contributed by atoms with Crippen molar-refractivity contribution in [3.8, 4) is 5.69 Å². The van der Waals surface area contributed by atoms with E-state index in [1.807, 2.05) is 30.3 Å². The molecule has 0 radical (unpaired) electrons. The topological polar surface area (TPSA) is 129 Å². The van der Waals surface area contributed by atoms with E-state index in [1.165, 1.54) is 19.1 Å². The number of aromatic nitrogens is 3. The fourth-order valence-corrected chi connectivity index (χ4v) is 5.09. The number of hydrazine groups is 1. The number of benzene rings is 2. The number of alkyl halides is 3. The van der Waals surface area contributed by atoms with Crippen LogP contribution in [0.25, 0.3) is 5.69 Å². The molecule has 0 bridgehead atoms. The van der Waals surface area contributed by atoms with Crippen LogP contribution in [0.4, 0.5) is 18.0 Å². The number of carbonyl (C=O) groups excluding carboxylic acids is 1. The van der Waals surface area contributed by atoms with Gasteiger partial charge in [-0.25, -0.2) is 19.9 Å². The zero-order chi connectivity index (χ0) is 31.1. The van der Waals surface area contributed by atoms with Crippen molar-refractivity contribution < 1.29 is 42.0 Å². The van der Waals surface area contributed by atoms with Gasteiger partial charge in [-0.15, -0.1) is 0 Å². The number of fused-ring (bicyclic) bond motifs is 1. The van der Waals surface area contributed by atoms with Crippen LogP contribution >= 0.6 is 0 Å². The molecule has 2 fully saturated rings. The predicted octanol–water partition coefficient (Wildman–Crippen LogP) is 4.22. The Balaban J connectivity index is 1.50. The molecule has 2 aliphatic heterocycles. The second-order valence-electron chi connectivity index (χ2n) is 11.5. The first-order valence-corrected chi connectivity index (χ1v) is 13.7. The van der Waals surface area contributed by atoms with E-state index in [1.54, 1.807) is 27.7 Å². The Morgan fingerprint density at radius 3 is 2.49 bits per heavy atom. The molecule has 3 N–H and O–H groups in total. The van der Waals surface area contributed by atoms with Gasteiger partial charge in [0.25, 0.3) is 0 Å². The zero-order valence-electron chi connectivity index (χ0n) is 24.3. The summed E-state index contributed by atoms with van der Waals surface area (Å²) in [6.45, 7) is 8.30. The van der Waals surface area contributed by atoms with Crippen molar-refractivity contribution in [1.29, 1.82) is 0 Å². The Kier molecular flexibility index (Phi) is 8.51. The summed E-state index contributed by atoms with van der Waals surface area (Å²) in [4.78, 5) is 16.9. The van der Waals surface area contributed by atoms with Gasteiger partial charge in [0.1, 0.15) is 35.8 Å². The molecule has 2 saturated heterocycles. The van der Waals surface area contributed by atoms with Crippen LogP contribution in [0.2, 0.25) is 0 Å². The van der Waals surface area contributed by atoms with Crippen molar-refractivity contribution in [2.24, 2.45) is 0 Å². The van der Waals surface area contributed by atoms with Crippen LogP contribution < -0.4 is 10.9 Å². The third-order valence-electron chi connectivity index (χ3n) is 6.90. The Labute approximate surface area is 246 Å². The number of nitrogens with zero attached hydrogens (tertiary/aromatic N) is 3. The number of hydrogen-bond donors (Lipinski definition) is 3. The maximum absolute atomic E-state index is 14.0. The summed E-state index contributed by atoms with van der Waals surface area (Å²) in [6.07, 6.45) is -10.7. The van der Waals surface area contributed by atoms with Crippen molar-refractivity contribution in [3.63, 3.8) is 0 Å². The molecule has 43 heavy (non-hydrogen) atoms. The van der Waals surface area contributed by atoms with Gasteiger partial charge in [0, 0.05) is 5.56 Å². The molecule has 3 heterocycles. The van der Waals surface area contributed by atoms with Gasteiger partial charge in [-0.2, -0.15) is 18.3 Å². The average Bonchev–Trinajstić information content (AvgIpc) is 3.32. The molecule has 11 nitrogen and oxygen atoms in total.